The summed E-state index contributed by atoms with van der Waals surface area (Å²) in [5.41, 5.74) is 1.80. The largest absolute Gasteiger partial charge is 0.326 e. The van der Waals surface area contributed by atoms with Gasteiger partial charge in [-0.1, -0.05) is 0 Å². The van der Waals surface area contributed by atoms with Gasteiger partial charge in [0, 0.05) is 12.1 Å². The number of amides is 1. The molecule has 0 radical (unpaired) electrons. The van der Waals surface area contributed by atoms with Crippen molar-refractivity contribution in [2.24, 2.45) is 0 Å². The number of thiol groups is 1. The van der Waals surface area contributed by atoms with E-state index >= 15 is 0 Å². The number of hydrogen-bond donors (Lipinski definition) is 4. The maximum Gasteiger partial charge on any atom is 0.323 e. The average molecular weight is 237 g/mol. The van der Waals surface area contributed by atoms with E-state index in [4.69, 9.17) is 0 Å². The van der Waals surface area contributed by atoms with Gasteiger partial charge in [-0.2, -0.15) is 12.6 Å². The Hall–Kier alpha value is -1.69. The van der Waals surface area contributed by atoms with Gasteiger partial charge in [0.25, 0.3) is 0 Å². The third-order valence-corrected chi connectivity index (χ3v) is 2.36. The summed E-state index contributed by atoms with van der Waals surface area (Å²) in [4.78, 5) is 27.6. The summed E-state index contributed by atoms with van der Waals surface area (Å²) < 4.78 is 0. The standard InChI is InChI=1S/C10H11N3O2S/c14-9(3-4-16)11-6-1-2-7-8(5-6)13-10(15)12-7/h1-2,5,16H,3-4H2,(H,11,14)(H2,12,13,15). The number of rotatable bonds is 3. The van der Waals surface area contributed by atoms with Crippen molar-refractivity contribution in [2.45, 2.75) is 6.42 Å². The first-order valence-electron chi connectivity index (χ1n) is 4.82. The van der Waals surface area contributed by atoms with Crippen LogP contribution in [-0.2, 0) is 4.79 Å². The van der Waals surface area contributed by atoms with Gasteiger partial charge < -0.3 is 15.3 Å². The number of aromatic nitrogens is 2. The number of nitrogens with one attached hydrogen (secondary N) is 3. The third kappa shape index (κ3) is 2.27. The highest BCUT2D eigenvalue weighted by Gasteiger charge is 2.03. The number of carbonyl (C=O) groups excluding carboxylic acids is 1. The molecule has 0 fully saturated rings. The molecule has 6 heteroatoms. The van der Waals surface area contributed by atoms with Gasteiger partial charge in [-0.25, -0.2) is 4.79 Å². The highest BCUT2D eigenvalue weighted by atomic mass is 32.1. The van der Waals surface area contributed by atoms with Crippen LogP contribution in [0.15, 0.2) is 23.0 Å². The van der Waals surface area contributed by atoms with E-state index in [1.165, 1.54) is 0 Å². The lowest BCUT2D eigenvalue weighted by Gasteiger charge is -2.03. The predicted molar refractivity (Wildman–Crippen MR) is 66.0 cm³/mol. The van der Waals surface area contributed by atoms with E-state index in [2.05, 4.69) is 27.9 Å². The highest BCUT2D eigenvalue weighted by molar-refractivity contribution is 7.80. The second-order valence-electron chi connectivity index (χ2n) is 3.36. The smallest absolute Gasteiger partial charge is 0.323 e. The first kappa shape index (κ1) is 10.8. The van der Waals surface area contributed by atoms with Gasteiger partial charge in [0.1, 0.15) is 0 Å². The lowest BCUT2D eigenvalue weighted by Crippen LogP contribution is -2.11. The number of imidazole rings is 1. The first-order valence-corrected chi connectivity index (χ1v) is 5.45. The van der Waals surface area contributed by atoms with Crippen molar-refractivity contribution in [3.05, 3.63) is 28.7 Å². The molecule has 0 saturated carbocycles. The van der Waals surface area contributed by atoms with Crippen molar-refractivity contribution in [3.8, 4) is 0 Å². The van der Waals surface area contributed by atoms with Crippen LogP contribution in [0.3, 0.4) is 0 Å². The molecule has 2 aromatic rings. The fourth-order valence-electron chi connectivity index (χ4n) is 1.44. The maximum atomic E-state index is 11.3. The summed E-state index contributed by atoms with van der Waals surface area (Å²) in [5, 5.41) is 2.72. The number of anilines is 1. The predicted octanol–water partition coefficient (Wildman–Crippen LogP) is 1.11. The van der Waals surface area contributed by atoms with Gasteiger partial charge in [-0.15, -0.1) is 0 Å². The molecule has 5 nitrogen and oxygen atoms in total. The van der Waals surface area contributed by atoms with Gasteiger partial charge in [0.2, 0.25) is 5.91 Å². The van der Waals surface area contributed by atoms with Crippen molar-refractivity contribution < 1.29 is 4.79 Å². The first-order chi connectivity index (χ1) is 7.69. The molecule has 0 aliphatic heterocycles. The Balaban J connectivity index is 2.25. The van der Waals surface area contributed by atoms with Crippen molar-refractivity contribution in [2.75, 3.05) is 11.1 Å². The van der Waals surface area contributed by atoms with E-state index in [9.17, 15) is 9.59 Å². The average Bonchev–Trinajstić information content (AvgIpc) is 2.57. The van der Waals surface area contributed by atoms with Gasteiger partial charge >= 0.3 is 5.69 Å². The molecule has 0 unspecified atom stereocenters. The number of benzene rings is 1. The Bertz CT molecular complexity index is 573. The van der Waals surface area contributed by atoms with Crippen LogP contribution in [0, 0.1) is 0 Å². The molecule has 1 heterocycles. The fourth-order valence-corrected chi connectivity index (χ4v) is 1.64. The second-order valence-corrected chi connectivity index (χ2v) is 3.81. The monoisotopic (exact) mass is 237 g/mol. The summed E-state index contributed by atoms with van der Waals surface area (Å²) in [6.07, 6.45) is 0.366. The maximum absolute atomic E-state index is 11.3. The number of fused-ring (bicyclic) bond motifs is 1. The zero-order valence-electron chi connectivity index (χ0n) is 8.41. The molecule has 16 heavy (non-hydrogen) atoms. The summed E-state index contributed by atoms with van der Waals surface area (Å²) in [6, 6.07) is 5.19. The van der Waals surface area contributed by atoms with Crippen molar-refractivity contribution in [1.29, 1.82) is 0 Å². The number of carbonyl (C=O) groups is 1. The quantitative estimate of drug-likeness (QED) is 0.604. The lowest BCUT2D eigenvalue weighted by atomic mass is 10.2. The molecule has 1 aromatic heterocycles. The molecule has 1 aromatic carbocycles. The minimum Gasteiger partial charge on any atom is -0.326 e. The van der Waals surface area contributed by atoms with E-state index in [1.807, 2.05) is 0 Å². The van der Waals surface area contributed by atoms with E-state index < -0.39 is 0 Å². The molecule has 0 aliphatic rings. The Morgan fingerprint density at radius 2 is 2.06 bits per heavy atom. The number of aromatic amines is 2. The molecular weight excluding hydrogens is 226 g/mol. The minimum atomic E-state index is -0.256. The Morgan fingerprint density at radius 3 is 2.81 bits per heavy atom. The van der Waals surface area contributed by atoms with Gasteiger partial charge in [-0.05, 0) is 24.0 Å². The SMILES string of the molecule is O=C(CCS)Nc1ccc2[nH]c(=O)[nH]c2c1. The van der Waals surface area contributed by atoms with Crippen LogP contribution >= 0.6 is 12.6 Å². The zero-order valence-corrected chi connectivity index (χ0v) is 9.30. The van der Waals surface area contributed by atoms with E-state index in [0.29, 0.717) is 23.4 Å². The molecule has 0 saturated heterocycles. The Labute approximate surface area is 96.7 Å². The topological polar surface area (TPSA) is 77.8 Å². The second kappa shape index (κ2) is 4.44. The van der Waals surface area contributed by atoms with Gasteiger partial charge in [0.05, 0.1) is 11.0 Å². The van der Waals surface area contributed by atoms with Crippen LogP contribution in [0.1, 0.15) is 6.42 Å². The van der Waals surface area contributed by atoms with Gasteiger partial charge in [-0.3, -0.25) is 4.79 Å². The summed E-state index contributed by atoms with van der Waals surface area (Å²) >= 11 is 3.98. The lowest BCUT2D eigenvalue weighted by molar-refractivity contribution is -0.115. The fraction of sp³-hybridized carbons (Fsp3) is 0.200. The minimum absolute atomic E-state index is 0.0905. The van der Waals surface area contributed by atoms with E-state index in [-0.39, 0.29) is 11.6 Å². The third-order valence-electron chi connectivity index (χ3n) is 2.14. The van der Waals surface area contributed by atoms with Crippen LogP contribution in [0.25, 0.3) is 11.0 Å². The van der Waals surface area contributed by atoms with E-state index in [1.54, 1.807) is 18.2 Å². The molecule has 0 spiro atoms. The molecular formula is C10H11N3O2S. The summed E-state index contributed by atoms with van der Waals surface area (Å²) in [5.74, 6) is 0.418. The molecule has 0 atom stereocenters. The molecule has 3 N–H and O–H groups in total. The van der Waals surface area contributed by atoms with Gasteiger partial charge in [0.15, 0.2) is 0 Å². The summed E-state index contributed by atoms with van der Waals surface area (Å²) in [6.45, 7) is 0. The molecule has 0 aliphatic carbocycles. The highest BCUT2D eigenvalue weighted by Crippen LogP contribution is 2.14. The molecule has 0 bridgehead atoms. The van der Waals surface area contributed by atoms with Crippen molar-refractivity contribution in [1.82, 2.24) is 9.97 Å². The Morgan fingerprint density at radius 1 is 1.31 bits per heavy atom. The number of H-pyrrole nitrogens is 2. The van der Waals surface area contributed by atoms with Crippen molar-refractivity contribution >= 4 is 35.3 Å². The van der Waals surface area contributed by atoms with Crippen LogP contribution < -0.4 is 11.0 Å². The summed E-state index contributed by atoms with van der Waals surface area (Å²) in [7, 11) is 0. The van der Waals surface area contributed by atoms with Crippen LogP contribution in [0.4, 0.5) is 5.69 Å². The van der Waals surface area contributed by atoms with Crippen LogP contribution in [-0.4, -0.2) is 21.6 Å². The number of hydrogen-bond acceptors (Lipinski definition) is 3. The molecule has 2 rings (SSSR count). The van der Waals surface area contributed by atoms with E-state index in [0.717, 1.165) is 5.52 Å². The molecule has 1 amide bonds. The Kier molecular flexibility index (Phi) is 3.00. The molecule has 84 valence electrons. The van der Waals surface area contributed by atoms with Crippen LogP contribution in [0.2, 0.25) is 0 Å². The van der Waals surface area contributed by atoms with Crippen LogP contribution in [0.5, 0.6) is 0 Å². The van der Waals surface area contributed by atoms with Crippen molar-refractivity contribution in [3.63, 3.8) is 0 Å². The normalized spacial score (nSPS) is 10.6. The zero-order chi connectivity index (χ0) is 11.5.